The number of benzene rings is 1. The number of likely N-dealkylation sites (tertiary alicyclic amines) is 1. The number of carbonyl (C=O) groups is 1. The summed E-state index contributed by atoms with van der Waals surface area (Å²) in [4.78, 5) is 14.8. The summed E-state index contributed by atoms with van der Waals surface area (Å²) in [6.45, 7) is 5.23. The van der Waals surface area contributed by atoms with Crippen LogP contribution in [0.2, 0.25) is 0 Å². The Hall–Kier alpha value is -2.28. The molecule has 1 amide bonds. The molecule has 1 aliphatic heterocycles. The molecule has 0 saturated carbocycles. The van der Waals surface area contributed by atoms with Crippen molar-refractivity contribution >= 4 is 5.91 Å². The van der Waals surface area contributed by atoms with Gasteiger partial charge in [0.15, 0.2) is 0 Å². The van der Waals surface area contributed by atoms with Crippen molar-refractivity contribution in [3.8, 4) is 5.69 Å². The molecule has 116 valence electrons. The van der Waals surface area contributed by atoms with Crippen molar-refractivity contribution in [1.29, 1.82) is 0 Å². The monoisotopic (exact) mass is 300 g/mol. The molecule has 0 spiro atoms. The fourth-order valence-electron chi connectivity index (χ4n) is 2.80. The van der Waals surface area contributed by atoms with Gasteiger partial charge in [0.25, 0.3) is 5.91 Å². The molecule has 2 heterocycles. The number of nitrogens with one attached hydrogen (secondary N) is 1. The molecule has 1 atom stereocenters. The standard InChI is InChI=1S/C15H20N6O/c1-2-20-8-4-6-13(10-20)17-15(22)12-5-3-7-14(9-12)21-11-16-18-19-21/h3,5,7,9,11,13H,2,4,6,8,10H2,1H3,(H,17,22)/t13-/m0/s1. The predicted molar refractivity (Wildman–Crippen MR) is 81.8 cm³/mol. The van der Waals surface area contributed by atoms with Gasteiger partial charge in [-0.3, -0.25) is 4.79 Å². The van der Waals surface area contributed by atoms with Crippen LogP contribution in [0, 0.1) is 0 Å². The van der Waals surface area contributed by atoms with E-state index in [9.17, 15) is 4.79 Å². The molecule has 3 rings (SSSR count). The molecule has 2 aromatic rings. The summed E-state index contributed by atoms with van der Waals surface area (Å²) in [7, 11) is 0. The van der Waals surface area contributed by atoms with Gasteiger partial charge in [-0.05, 0) is 54.6 Å². The Morgan fingerprint density at radius 2 is 2.36 bits per heavy atom. The number of aromatic nitrogens is 4. The number of rotatable bonds is 4. The van der Waals surface area contributed by atoms with Gasteiger partial charge >= 0.3 is 0 Å². The summed E-state index contributed by atoms with van der Waals surface area (Å²) >= 11 is 0. The van der Waals surface area contributed by atoms with E-state index < -0.39 is 0 Å². The minimum absolute atomic E-state index is 0.0436. The van der Waals surface area contributed by atoms with E-state index in [1.54, 1.807) is 6.07 Å². The Morgan fingerprint density at radius 3 is 3.14 bits per heavy atom. The molecule has 1 fully saturated rings. The molecule has 0 bridgehead atoms. The lowest BCUT2D eigenvalue weighted by atomic mass is 10.0. The summed E-state index contributed by atoms with van der Waals surface area (Å²) < 4.78 is 1.54. The van der Waals surface area contributed by atoms with Crippen molar-refractivity contribution in [3.63, 3.8) is 0 Å². The number of piperidine rings is 1. The largest absolute Gasteiger partial charge is 0.348 e. The maximum Gasteiger partial charge on any atom is 0.251 e. The second kappa shape index (κ2) is 6.65. The second-order valence-electron chi connectivity index (χ2n) is 5.51. The normalized spacial score (nSPS) is 19.0. The first-order valence-corrected chi connectivity index (χ1v) is 7.63. The zero-order valence-electron chi connectivity index (χ0n) is 12.6. The topological polar surface area (TPSA) is 75.9 Å². The maximum absolute atomic E-state index is 12.4. The van der Waals surface area contributed by atoms with Crippen molar-refractivity contribution < 1.29 is 4.79 Å². The Morgan fingerprint density at radius 1 is 1.45 bits per heavy atom. The zero-order chi connectivity index (χ0) is 15.4. The molecule has 1 aromatic heterocycles. The van der Waals surface area contributed by atoms with E-state index in [1.165, 1.54) is 11.0 Å². The number of hydrogen-bond donors (Lipinski definition) is 1. The minimum atomic E-state index is -0.0436. The number of hydrogen-bond acceptors (Lipinski definition) is 5. The molecule has 0 radical (unpaired) electrons. The highest BCUT2D eigenvalue weighted by Crippen LogP contribution is 2.12. The van der Waals surface area contributed by atoms with Gasteiger partial charge in [-0.2, -0.15) is 0 Å². The molecule has 7 nitrogen and oxygen atoms in total. The molecule has 1 N–H and O–H groups in total. The van der Waals surface area contributed by atoms with Gasteiger partial charge in [0.2, 0.25) is 0 Å². The van der Waals surface area contributed by atoms with Crippen LogP contribution in [0.25, 0.3) is 5.69 Å². The van der Waals surface area contributed by atoms with Gasteiger partial charge in [-0.25, -0.2) is 4.68 Å². The van der Waals surface area contributed by atoms with E-state index in [2.05, 4.69) is 32.7 Å². The van der Waals surface area contributed by atoms with E-state index in [0.717, 1.165) is 38.2 Å². The highest BCUT2D eigenvalue weighted by molar-refractivity contribution is 5.94. The first-order valence-electron chi connectivity index (χ1n) is 7.63. The van der Waals surface area contributed by atoms with Gasteiger partial charge < -0.3 is 10.2 Å². The van der Waals surface area contributed by atoms with Crippen LogP contribution < -0.4 is 5.32 Å². The van der Waals surface area contributed by atoms with E-state index in [0.29, 0.717) is 5.56 Å². The fraction of sp³-hybridized carbons (Fsp3) is 0.467. The van der Waals surface area contributed by atoms with Gasteiger partial charge in [0.05, 0.1) is 5.69 Å². The maximum atomic E-state index is 12.4. The van der Waals surface area contributed by atoms with Crippen molar-refractivity contribution in [2.24, 2.45) is 0 Å². The minimum Gasteiger partial charge on any atom is -0.348 e. The lowest BCUT2D eigenvalue weighted by molar-refractivity contribution is 0.0906. The SMILES string of the molecule is CCN1CCC[C@H](NC(=O)c2cccc(-n3cnnn3)c2)C1. The third kappa shape index (κ3) is 3.30. The van der Waals surface area contributed by atoms with Gasteiger partial charge in [-0.1, -0.05) is 13.0 Å². The summed E-state index contributed by atoms with van der Waals surface area (Å²) in [6, 6.07) is 7.53. The highest BCUT2D eigenvalue weighted by Gasteiger charge is 2.20. The zero-order valence-corrected chi connectivity index (χ0v) is 12.6. The Labute approximate surface area is 129 Å². The molecule has 1 saturated heterocycles. The van der Waals surface area contributed by atoms with Crippen LogP contribution in [-0.4, -0.2) is 56.7 Å². The van der Waals surface area contributed by atoms with Crippen LogP contribution in [0.1, 0.15) is 30.1 Å². The van der Waals surface area contributed by atoms with Crippen molar-refractivity contribution in [3.05, 3.63) is 36.2 Å². The van der Waals surface area contributed by atoms with Crippen molar-refractivity contribution in [1.82, 2.24) is 30.4 Å². The van der Waals surface area contributed by atoms with E-state index in [4.69, 9.17) is 0 Å². The first-order chi connectivity index (χ1) is 10.8. The Balaban J connectivity index is 1.68. The summed E-state index contributed by atoms with van der Waals surface area (Å²) in [5.41, 5.74) is 1.40. The number of amides is 1. The Bertz CT molecular complexity index is 627. The van der Waals surface area contributed by atoms with Gasteiger partial charge in [-0.15, -0.1) is 5.10 Å². The van der Waals surface area contributed by atoms with Gasteiger partial charge in [0.1, 0.15) is 6.33 Å². The second-order valence-corrected chi connectivity index (χ2v) is 5.51. The molecule has 0 unspecified atom stereocenters. The highest BCUT2D eigenvalue weighted by atomic mass is 16.1. The third-order valence-electron chi connectivity index (χ3n) is 4.01. The van der Waals surface area contributed by atoms with Gasteiger partial charge in [0, 0.05) is 18.2 Å². The number of likely N-dealkylation sites (N-methyl/N-ethyl adjacent to an activating group) is 1. The summed E-state index contributed by atoms with van der Waals surface area (Å²) in [5, 5.41) is 14.2. The quantitative estimate of drug-likeness (QED) is 0.907. The molecule has 0 aliphatic carbocycles. The van der Waals surface area contributed by atoms with Crippen molar-refractivity contribution in [2.45, 2.75) is 25.8 Å². The Kier molecular flexibility index (Phi) is 4.43. The molecular weight excluding hydrogens is 280 g/mol. The van der Waals surface area contributed by atoms with Crippen LogP contribution in [-0.2, 0) is 0 Å². The molecule has 7 heteroatoms. The van der Waals surface area contributed by atoms with E-state index >= 15 is 0 Å². The molecular formula is C15H20N6O. The number of tetrazole rings is 1. The van der Waals surface area contributed by atoms with Crippen LogP contribution in [0.5, 0.6) is 0 Å². The van der Waals surface area contributed by atoms with Crippen LogP contribution >= 0.6 is 0 Å². The van der Waals surface area contributed by atoms with Crippen LogP contribution in [0.4, 0.5) is 0 Å². The van der Waals surface area contributed by atoms with Crippen molar-refractivity contribution in [2.75, 3.05) is 19.6 Å². The molecule has 22 heavy (non-hydrogen) atoms. The third-order valence-corrected chi connectivity index (χ3v) is 4.01. The first kappa shape index (κ1) is 14.6. The van der Waals surface area contributed by atoms with Crippen LogP contribution in [0.15, 0.2) is 30.6 Å². The smallest absolute Gasteiger partial charge is 0.251 e. The van der Waals surface area contributed by atoms with Crippen LogP contribution in [0.3, 0.4) is 0 Å². The average molecular weight is 300 g/mol. The summed E-state index contributed by atoms with van der Waals surface area (Å²) in [6.07, 6.45) is 3.68. The lowest BCUT2D eigenvalue weighted by Crippen LogP contribution is -2.47. The molecule has 1 aliphatic rings. The average Bonchev–Trinajstić information content (AvgIpc) is 3.09. The molecule has 1 aromatic carbocycles. The fourth-order valence-corrected chi connectivity index (χ4v) is 2.80. The number of carbonyl (C=O) groups excluding carboxylic acids is 1. The van der Waals surface area contributed by atoms with E-state index in [-0.39, 0.29) is 11.9 Å². The lowest BCUT2D eigenvalue weighted by Gasteiger charge is -2.32. The number of nitrogens with zero attached hydrogens (tertiary/aromatic N) is 5. The summed E-state index contributed by atoms with van der Waals surface area (Å²) in [5.74, 6) is -0.0436. The van der Waals surface area contributed by atoms with E-state index in [1.807, 2.05) is 18.2 Å². The predicted octanol–water partition coefficient (Wildman–Crippen LogP) is 0.876.